The van der Waals surface area contributed by atoms with Gasteiger partial charge in [-0.15, -0.1) is 0 Å². The van der Waals surface area contributed by atoms with Crippen molar-refractivity contribution in [3.63, 3.8) is 0 Å². The molecular formula is C17H31N3O. The molecule has 0 amide bonds. The molecule has 1 atom stereocenters. The van der Waals surface area contributed by atoms with E-state index in [4.69, 9.17) is 10.5 Å². The Kier molecular flexibility index (Phi) is 5.82. The van der Waals surface area contributed by atoms with Crippen molar-refractivity contribution in [3.8, 4) is 0 Å². The Hall–Kier alpha value is -0.870. The van der Waals surface area contributed by atoms with Crippen LogP contribution in [-0.2, 0) is 24.1 Å². The second kappa shape index (κ2) is 7.41. The van der Waals surface area contributed by atoms with E-state index in [-0.39, 0.29) is 11.6 Å². The fraction of sp³-hybridized carbons (Fsp3) is 0.824. The number of hydrogen-bond acceptors (Lipinski definition) is 3. The van der Waals surface area contributed by atoms with Gasteiger partial charge in [-0.05, 0) is 39.2 Å². The molecule has 0 aliphatic heterocycles. The second-order valence-electron chi connectivity index (χ2n) is 6.17. The van der Waals surface area contributed by atoms with Crippen LogP contribution in [0, 0.1) is 0 Å². The zero-order valence-corrected chi connectivity index (χ0v) is 13.9. The predicted molar refractivity (Wildman–Crippen MR) is 86.4 cm³/mol. The molecule has 2 rings (SSSR count). The van der Waals surface area contributed by atoms with Crippen LogP contribution in [0.5, 0.6) is 0 Å². The van der Waals surface area contributed by atoms with Gasteiger partial charge in [-0.25, -0.2) is 0 Å². The van der Waals surface area contributed by atoms with Crippen molar-refractivity contribution < 1.29 is 4.74 Å². The van der Waals surface area contributed by atoms with Crippen LogP contribution in [0.4, 0.5) is 0 Å². The highest BCUT2D eigenvalue weighted by atomic mass is 16.5. The van der Waals surface area contributed by atoms with Crippen LogP contribution in [0.2, 0.25) is 0 Å². The fourth-order valence-electron chi connectivity index (χ4n) is 3.60. The van der Waals surface area contributed by atoms with Gasteiger partial charge < -0.3 is 10.5 Å². The Morgan fingerprint density at radius 1 is 1.29 bits per heavy atom. The highest BCUT2D eigenvalue weighted by Crippen LogP contribution is 2.35. The standard InChI is InChI=1S/C17H31N3O/c1-4-14-12-15(20(5-2)19-14)13-16(18)17(21-6-3)10-8-7-9-11-17/h12,16H,4-11,13,18H2,1-3H3. The molecule has 4 nitrogen and oxygen atoms in total. The normalized spacial score (nSPS) is 19.6. The predicted octanol–water partition coefficient (Wildman–Crippen LogP) is 3.07. The maximum atomic E-state index is 6.61. The average Bonchev–Trinajstić information content (AvgIpc) is 2.90. The van der Waals surface area contributed by atoms with E-state index in [2.05, 4.69) is 36.6 Å². The minimum absolute atomic E-state index is 0.0597. The Balaban J connectivity index is 2.14. The minimum atomic E-state index is -0.123. The summed E-state index contributed by atoms with van der Waals surface area (Å²) >= 11 is 0. The quantitative estimate of drug-likeness (QED) is 0.840. The van der Waals surface area contributed by atoms with E-state index in [9.17, 15) is 0 Å². The molecule has 0 bridgehead atoms. The van der Waals surface area contributed by atoms with Crippen molar-refractivity contribution >= 4 is 0 Å². The number of nitrogens with zero attached hydrogens (tertiary/aromatic N) is 2. The molecule has 0 saturated heterocycles. The summed E-state index contributed by atoms with van der Waals surface area (Å²) in [4.78, 5) is 0. The van der Waals surface area contributed by atoms with Gasteiger partial charge in [0.15, 0.2) is 0 Å². The van der Waals surface area contributed by atoms with Crippen molar-refractivity contribution in [1.82, 2.24) is 9.78 Å². The van der Waals surface area contributed by atoms with E-state index >= 15 is 0 Å². The average molecular weight is 293 g/mol. The van der Waals surface area contributed by atoms with Crippen LogP contribution < -0.4 is 5.73 Å². The lowest BCUT2D eigenvalue weighted by molar-refractivity contribution is -0.0820. The Morgan fingerprint density at radius 2 is 2.00 bits per heavy atom. The van der Waals surface area contributed by atoms with Gasteiger partial charge in [-0.2, -0.15) is 5.10 Å². The van der Waals surface area contributed by atoms with Crippen LogP contribution in [-0.4, -0.2) is 28.0 Å². The molecule has 4 heteroatoms. The first-order chi connectivity index (χ1) is 10.1. The lowest BCUT2D eigenvalue weighted by Crippen LogP contribution is -2.52. The van der Waals surface area contributed by atoms with Crippen LogP contribution in [0.1, 0.15) is 64.3 Å². The summed E-state index contributed by atoms with van der Waals surface area (Å²) in [5.41, 5.74) is 8.90. The maximum absolute atomic E-state index is 6.61. The first-order valence-corrected chi connectivity index (χ1v) is 8.60. The SMILES string of the molecule is CCOC1(C(N)Cc2cc(CC)nn2CC)CCCCC1. The van der Waals surface area contributed by atoms with E-state index < -0.39 is 0 Å². The summed E-state index contributed by atoms with van der Waals surface area (Å²) in [5, 5.41) is 4.63. The minimum Gasteiger partial charge on any atom is -0.374 e. The van der Waals surface area contributed by atoms with Gasteiger partial charge in [0.05, 0.1) is 11.3 Å². The number of ether oxygens (including phenoxy) is 1. The van der Waals surface area contributed by atoms with Crippen molar-refractivity contribution in [2.75, 3.05) is 6.61 Å². The van der Waals surface area contributed by atoms with Crippen LogP contribution >= 0.6 is 0 Å². The molecule has 1 aliphatic rings. The number of nitrogens with two attached hydrogens (primary N) is 1. The number of aromatic nitrogens is 2. The molecule has 2 N–H and O–H groups in total. The summed E-state index contributed by atoms with van der Waals surface area (Å²) in [6.07, 6.45) is 7.83. The lowest BCUT2D eigenvalue weighted by atomic mass is 9.78. The third kappa shape index (κ3) is 3.67. The molecule has 1 fully saturated rings. The Morgan fingerprint density at radius 3 is 2.57 bits per heavy atom. The lowest BCUT2D eigenvalue weighted by Gasteiger charge is -2.41. The zero-order chi connectivity index (χ0) is 15.3. The number of aryl methyl sites for hydroxylation is 2. The molecule has 1 saturated carbocycles. The van der Waals surface area contributed by atoms with Gasteiger partial charge in [0, 0.05) is 31.3 Å². The Bertz CT molecular complexity index is 430. The van der Waals surface area contributed by atoms with E-state index in [1.807, 2.05) is 0 Å². The summed E-state index contributed by atoms with van der Waals surface area (Å²) in [6.45, 7) is 8.02. The summed E-state index contributed by atoms with van der Waals surface area (Å²) < 4.78 is 8.25. The molecule has 120 valence electrons. The van der Waals surface area contributed by atoms with Crippen molar-refractivity contribution in [2.45, 2.75) is 83.9 Å². The zero-order valence-electron chi connectivity index (χ0n) is 13.9. The van der Waals surface area contributed by atoms with Crippen LogP contribution in [0.15, 0.2) is 6.07 Å². The molecule has 1 aromatic rings. The third-order valence-corrected chi connectivity index (χ3v) is 4.81. The molecule has 21 heavy (non-hydrogen) atoms. The highest BCUT2D eigenvalue weighted by molar-refractivity contribution is 5.13. The fourth-order valence-corrected chi connectivity index (χ4v) is 3.60. The molecule has 1 aliphatic carbocycles. The Labute approximate surface area is 129 Å². The first kappa shape index (κ1) is 16.5. The van der Waals surface area contributed by atoms with Crippen LogP contribution in [0.3, 0.4) is 0 Å². The smallest absolute Gasteiger partial charge is 0.0836 e. The molecule has 0 spiro atoms. The van der Waals surface area contributed by atoms with Crippen molar-refractivity contribution in [3.05, 3.63) is 17.5 Å². The van der Waals surface area contributed by atoms with Crippen LogP contribution in [0.25, 0.3) is 0 Å². The van der Waals surface area contributed by atoms with Gasteiger partial charge >= 0.3 is 0 Å². The summed E-state index contributed by atoms with van der Waals surface area (Å²) in [5.74, 6) is 0. The van der Waals surface area contributed by atoms with Gasteiger partial charge in [0.1, 0.15) is 0 Å². The van der Waals surface area contributed by atoms with E-state index in [1.165, 1.54) is 25.0 Å². The molecule has 0 radical (unpaired) electrons. The van der Waals surface area contributed by atoms with Gasteiger partial charge in [0.25, 0.3) is 0 Å². The maximum Gasteiger partial charge on any atom is 0.0836 e. The highest BCUT2D eigenvalue weighted by Gasteiger charge is 2.39. The second-order valence-corrected chi connectivity index (χ2v) is 6.17. The summed E-state index contributed by atoms with van der Waals surface area (Å²) in [7, 11) is 0. The molecule has 1 aromatic heterocycles. The monoisotopic (exact) mass is 293 g/mol. The van der Waals surface area contributed by atoms with E-state index in [0.717, 1.165) is 44.5 Å². The molecule has 1 unspecified atom stereocenters. The van der Waals surface area contributed by atoms with Crippen molar-refractivity contribution in [2.24, 2.45) is 5.73 Å². The molecule has 0 aromatic carbocycles. The topological polar surface area (TPSA) is 53.1 Å². The number of rotatable bonds is 7. The number of hydrogen-bond donors (Lipinski definition) is 1. The molecular weight excluding hydrogens is 262 g/mol. The largest absolute Gasteiger partial charge is 0.374 e. The van der Waals surface area contributed by atoms with Crippen molar-refractivity contribution in [1.29, 1.82) is 0 Å². The third-order valence-electron chi connectivity index (χ3n) is 4.81. The van der Waals surface area contributed by atoms with Gasteiger partial charge in [-0.3, -0.25) is 4.68 Å². The molecule has 1 heterocycles. The van der Waals surface area contributed by atoms with Gasteiger partial charge in [0.2, 0.25) is 0 Å². The van der Waals surface area contributed by atoms with E-state index in [1.54, 1.807) is 0 Å². The first-order valence-electron chi connectivity index (χ1n) is 8.60. The van der Waals surface area contributed by atoms with Gasteiger partial charge in [-0.1, -0.05) is 26.2 Å². The summed E-state index contributed by atoms with van der Waals surface area (Å²) in [6, 6.07) is 2.27. The van der Waals surface area contributed by atoms with E-state index in [0.29, 0.717) is 0 Å².